The molecule has 25 heavy (non-hydrogen) atoms. The van der Waals surface area contributed by atoms with Crippen molar-refractivity contribution in [2.75, 3.05) is 0 Å². The van der Waals surface area contributed by atoms with E-state index >= 15 is 0 Å². The predicted molar refractivity (Wildman–Crippen MR) is 87.4 cm³/mol. The van der Waals surface area contributed by atoms with Gasteiger partial charge >= 0.3 is 7.12 Å². The number of aliphatic hydroxyl groups excluding tert-OH is 2. The third kappa shape index (κ3) is 4.62. The molecule has 2 atom stereocenters. The largest absolute Gasteiger partial charge is 0.477 e. The van der Waals surface area contributed by atoms with Gasteiger partial charge in [0.05, 0.1) is 31.4 Å². The summed E-state index contributed by atoms with van der Waals surface area (Å²) in [6.07, 6.45) is 0. The van der Waals surface area contributed by atoms with Gasteiger partial charge in [-0.15, -0.1) is 5.10 Å². The fourth-order valence-corrected chi connectivity index (χ4v) is 2.30. The molecule has 0 aliphatic rings. The molecule has 0 radical (unpaired) electrons. The molecule has 2 aromatic rings. The highest BCUT2D eigenvalue weighted by Crippen LogP contribution is 2.11. The van der Waals surface area contributed by atoms with Crippen molar-refractivity contribution >= 4 is 13.0 Å². The molecule has 7 N–H and O–H groups in total. The van der Waals surface area contributed by atoms with E-state index < -0.39 is 38.2 Å². The second-order valence-corrected chi connectivity index (χ2v) is 5.40. The van der Waals surface area contributed by atoms with Crippen LogP contribution in [-0.4, -0.2) is 54.2 Å². The van der Waals surface area contributed by atoms with Crippen molar-refractivity contribution in [2.45, 2.75) is 31.7 Å². The van der Waals surface area contributed by atoms with Crippen molar-refractivity contribution in [3.63, 3.8) is 0 Å². The van der Waals surface area contributed by atoms with E-state index in [1.807, 2.05) is 0 Å². The number of hydrogen-bond acceptors (Lipinski definition) is 8. The molecular formula is C14H20BN5O5. The molecule has 0 fully saturated rings. The number of nitrogens with one attached hydrogen (secondary N) is 1. The van der Waals surface area contributed by atoms with Gasteiger partial charge in [0.1, 0.15) is 11.7 Å². The first-order valence-electron chi connectivity index (χ1n) is 7.58. The minimum absolute atomic E-state index is 0.168. The summed E-state index contributed by atoms with van der Waals surface area (Å²) in [4.78, 5) is 12.3. The van der Waals surface area contributed by atoms with Gasteiger partial charge in [0, 0.05) is 0 Å². The van der Waals surface area contributed by atoms with Crippen LogP contribution in [0.2, 0.25) is 0 Å². The highest BCUT2D eigenvalue weighted by Gasteiger charge is 2.29. The Kier molecular flexibility index (Phi) is 6.61. The van der Waals surface area contributed by atoms with Crippen molar-refractivity contribution in [3.8, 4) is 0 Å². The highest BCUT2D eigenvalue weighted by molar-refractivity contribution is 6.43. The lowest BCUT2D eigenvalue weighted by atomic mass is 9.79. The third-order valence-corrected chi connectivity index (χ3v) is 3.72. The lowest BCUT2D eigenvalue weighted by Gasteiger charge is -2.21. The maximum absolute atomic E-state index is 12.3. The van der Waals surface area contributed by atoms with Gasteiger partial charge in [0.2, 0.25) is 5.91 Å². The number of rotatable bonds is 8. The van der Waals surface area contributed by atoms with Gasteiger partial charge in [-0.3, -0.25) is 4.79 Å². The summed E-state index contributed by atoms with van der Waals surface area (Å²) < 4.78 is 1.18. The number of benzene rings is 1. The molecule has 1 aromatic carbocycles. The molecular weight excluding hydrogens is 329 g/mol. The van der Waals surface area contributed by atoms with Gasteiger partial charge in [0.15, 0.2) is 0 Å². The number of carbonyl (C=O) groups excluding carboxylic acids is 1. The van der Waals surface area contributed by atoms with Crippen molar-refractivity contribution < 1.29 is 25.1 Å². The molecule has 0 aliphatic carbocycles. The van der Waals surface area contributed by atoms with Gasteiger partial charge in [0.25, 0.3) is 0 Å². The van der Waals surface area contributed by atoms with Crippen LogP contribution < -0.4 is 11.1 Å². The Morgan fingerprint density at radius 1 is 1.24 bits per heavy atom. The van der Waals surface area contributed by atoms with Gasteiger partial charge < -0.3 is 31.3 Å². The number of aromatic nitrogens is 3. The number of aliphatic hydroxyl groups is 2. The van der Waals surface area contributed by atoms with E-state index in [-0.39, 0.29) is 17.9 Å². The summed E-state index contributed by atoms with van der Waals surface area (Å²) >= 11 is 0. The average Bonchev–Trinajstić information content (AvgIpc) is 3.02. The number of nitrogens with two attached hydrogens (primary N) is 1. The summed E-state index contributed by atoms with van der Waals surface area (Å²) in [5.41, 5.74) is 6.84. The van der Waals surface area contributed by atoms with E-state index in [1.165, 1.54) is 4.68 Å². The molecule has 0 aliphatic heterocycles. The highest BCUT2D eigenvalue weighted by atomic mass is 16.4. The van der Waals surface area contributed by atoms with Crippen LogP contribution >= 0.6 is 0 Å². The first-order chi connectivity index (χ1) is 12.0. The summed E-state index contributed by atoms with van der Waals surface area (Å²) in [6, 6.07) is 7.64. The first-order valence-corrected chi connectivity index (χ1v) is 7.58. The van der Waals surface area contributed by atoms with Crippen LogP contribution in [0.5, 0.6) is 0 Å². The summed E-state index contributed by atoms with van der Waals surface area (Å²) in [6.45, 7) is -1.05. The van der Waals surface area contributed by atoms with E-state index in [2.05, 4.69) is 15.6 Å². The SMILES string of the molecule is N[C@@H](C(=O)N[C@@H](Cn1nnc(CO)c1CO)B(O)O)c1ccccc1. The molecule has 1 aromatic heterocycles. The Balaban J connectivity index is 2.11. The van der Waals surface area contributed by atoms with Crippen molar-refractivity contribution in [2.24, 2.45) is 5.73 Å². The summed E-state index contributed by atoms with van der Waals surface area (Å²) in [7, 11) is -1.89. The van der Waals surface area contributed by atoms with E-state index in [4.69, 9.17) is 10.8 Å². The maximum atomic E-state index is 12.3. The molecule has 0 spiro atoms. The molecule has 2 rings (SSSR count). The molecule has 10 nitrogen and oxygen atoms in total. The van der Waals surface area contributed by atoms with E-state index in [1.54, 1.807) is 30.3 Å². The van der Waals surface area contributed by atoms with Crippen LogP contribution in [0.4, 0.5) is 0 Å². The van der Waals surface area contributed by atoms with Gasteiger partial charge in [-0.2, -0.15) is 0 Å². The number of hydrogen-bond donors (Lipinski definition) is 6. The van der Waals surface area contributed by atoms with Crippen LogP contribution in [0, 0.1) is 0 Å². The quantitative estimate of drug-likeness (QED) is 0.284. The second kappa shape index (κ2) is 8.69. The van der Waals surface area contributed by atoms with E-state index in [0.717, 1.165) is 0 Å². The zero-order valence-corrected chi connectivity index (χ0v) is 13.4. The van der Waals surface area contributed by atoms with Gasteiger partial charge in [-0.1, -0.05) is 35.5 Å². The number of nitrogens with zero attached hydrogens (tertiary/aromatic N) is 3. The zero-order valence-electron chi connectivity index (χ0n) is 13.4. The molecule has 0 bridgehead atoms. The van der Waals surface area contributed by atoms with E-state index in [9.17, 15) is 19.9 Å². The van der Waals surface area contributed by atoms with Crippen molar-refractivity contribution in [1.82, 2.24) is 20.3 Å². The normalized spacial score (nSPS) is 13.3. The molecule has 1 heterocycles. The van der Waals surface area contributed by atoms with Crippen LogP contribution in [0.1, 0.15) is 23.0 Å². The minimum atomic E-state index is -1.89. The number of amides is 1. The van der Waals surface area contributed by atoms with E-state index in [0.29, 0.717) is 5.56 Å². The number of carbonyl (C=O) groups is 1. The smallest absolute Gasteiger partial charge is 0.426 e. The third-order valence-electron chi connectivity index (χ3n) is 3.72. The lowest BCUT2D eigenvalue weighted by molar-refractivity contribution is -0.123. The maximum Gasteiger partial charge on any atom is 0.477 e. The topological polar surface area (TPSA) is 167 Å². The summed E-state index contributed by atoms with van der Waals surface area (Å²) in [5.74, 6) is -1.74. The van der Waals surface area contributed by atoms with Crippen molar-refractivity contribution in [1.29, 1.82) is 0 Å². The van der Waals surface area contributed by atoms with Crippen LogP contribution in [0.25, 0.3) is 0 Å². The Hall–Kier alpha value is -2.31. The monoisotopic (exact) mass is 349 g/mol. The van der Waals surface area contributed by atoms with Gasteiger partial charge in [-0.05, 0) is 5.56 Å². The second-order valence-electron chi connectivity index (χ2n) is 5.40. The Labute approximate surface area is 144 Å². The Morgan fingerprint density at radius 2 is 1.92 bits per heavy atom. The molecule has 0 saturated heterocycles. The average molecular weight is 349 g/mol. The predicted octanol–water partition coefficient (Wildman–Crippen LogP) is -2.54. The van der Waals surface area contributed by atoms with Crippen LogP contribution in [0.15, 0.2) is 30.3 Å². The van der Waals surface area contributed by atoms with Crippen molar-refractivity contribution in [3.05, 3.63) is 47.3 Å². The summed E-state index contributed by atoms with van der Waals surface area (Å²) in [5, 5.41) is 47.4. The Bertz CT molecular complexity index is 696. The molecule has 134 valence electrons. The van der Waals surface area contributed by atoms with Crippen LogP contribution in [-0.2, 0) is 24.6 Å². The fraction of sp³-hybridized carbons (Fsp3) is 0.357. The lowest BCUT2D eigenvalue weighted by Crippen LogP contribution is -2.51. The molecule has 0 saturated carbocycles. The molecule has 1 amide bonds. The standard InChI is InChI=1S/C14H20BN5O5/c16-13(9-4-2-1-3-5-9)14(23)17-12(15(24)25)6-20-11(8-22)10(7-21)18-19-20/h1-5,12-13,21-22,24-25H,6-8,16H2,(H,17,23)/t12-,13+/m0/s1. The zero-order chi connectivity index (χ0) is 18.4. The minimum Gasteiger partial charge on any atom is -0.426 e. The first kappa shape index (κ1) is 19.0. The van der Waals surface area contributed by atoms with Crippen LogP contribution in [0.3, 0.4) is 0 Å². The molecule has 0 unspecified atom stereocenters. The van der Waals surface area contributed by atoms with Gasteiger partial charge in [-0.25, -0.2) is 4.68 Å². The Morgan fingerprint density at radius 3 is 2.48 bits per heavy atom. The fourth-order valence-electron chi connectivity index (χ4n) is 2.30. The molecule has 11 heteroatoms.